The number of nitrogens with one attached hydrogen (secondary N) is 1. The maximum Gasteiger partial charge on any atom is 0.250 e. The normalized spacial score (nSPS) is 13.3. The van der Waals surface area contributed by atoms with E-state index in [0.29, 0.717) is 36.6 Å². The van der Waals surface area contributed by atoms with Crippen molar-refractivity contribution in [2.45, 2.75) is 25.4 Å². The fourth-order valence-corrected chi connectivity index (χ4v) is 4.29. The molecule has 1 aliphatic carbocycles. The number of rotatable bonds is 6. The summed E-state index contributed by atoms with van der Waals surface area (Å²) in [6, 6.07) is 17.7. The minimum Gasteiger partial charge on any atom is -0.438 e. The molecule has 4 aromatic rings. The number of hydrogen-bond donors (Lipinski definition) is 2. The van der Waals surface area contributed by atoms with Crippen LogP contribution < -0.4 is 15.8 Å². The van der Waals surface area contributed by atoms with Crippen molar-refractivity contribution in [2.24, 2.45) is 5.73 Å². The number of carbonyl (C=O) groups excluding carboxylic acids is 1. The van der Waals surface area contributed by atoms with Gasteiger partial charge >= 0.3 is 0 Å². The van der Waals surface area contributed by atoms with Gasteiger partial charge in [0.2, 0.25) is 11.8 Å². The van der Waals surface area contributed by atoms with Crippen LogP contribution in [0.2, 0.25) is 0 Å². The molecule has 0 saturated carbocycles. The van der Waals surface area contributed by atoms with E-state index >= 15 is 0 Å². The van der Waals surface area contributed by atoms with Crippen LogP contribution in [-0.4, -0.2) is 16.9 Å². The zero-order chi connectivity index (χ0) is 22.9. The fourth-order valence-electron chi connectivity index (χ4n) is 4.29. The van der Waals surface area contributed by atoms with Gasteiger partial charge < -0.3 is 15.8 Å². The second kappa shape index (κ2) is 8.60. The Bertz CT molecular complexity index is 1330. The number of carbonyl (C=O) groups is 1. The van der Waals surface area contributed by atoms with Crippen molar-refractivity contribution in [1.82, 2.24) is 10.3 Å². The first-order valence-electron chi connectivity index (χ1n) is 10.6. The zero-order valence-electron chi connectivity index (χ0n) is 17.6. The van der Waals surface area contributed by atoms with Gasteiger partial charge in [-0.15, -0.1) is 0 Å². The number of hydrogen-bond acceptors (Lipinski definition) is 4. The number of halogens is 2. The number of pyridine rings is 1. The van der Waals surface area contributed by atoms with Crippen LogP contribution in [0.25, 0.3) is 10.8 Å². The quantitative estimate of drug-likeness (QED) is 0.453. The monoisotopic (exact) mass is 445 g/mol. The predicted molar refractivity (Wildman–Crippen MR) is 121 cm³/mol. The molecular formula is C26H21F2N3O2. The second-order valence-corrected chi connectivity index (χ2v) is 8.14. The van der Waals surface area contributed by atoms with Crippen LogP contribution in [0.4, 0.5) is 8.78 Å². The van der Waals surface area contributed by atoms with Crippen molar-refractivity contribution in [3.8, 4) is 11.6 Å². The summed E-state index contributed by atoms with van der Waals surface area (Å²) >= 11 is 0. The number of fused-ring (bicyclic) bond motifs is 2. The Balaban J connectivity index is 1.33. The number of benzene rings is 3. The molecule has 0 spiro atoms. The highest BCUT2D eigenvalue weighted by atomic mass is 19.2. The Morgan fingerprint density at radius 1 is 1.00 bits per heavy atom. The summed E-state index contributed by atoms with van der Waals surface area (Å²) in [5.74, 6) is -1.13. The van der Waals surface area contributed by atoms with E-state index < -0.39 is 17.5 Å². The number of nitrogens with zero attached hydrogens (tertiary/aromatic N) is 1. The van der Waals surface area contributed by atoms with Crippen molar-refractivity contribution in [1.29, 1.82) is 0 Å². The molecule has 0 saturated heterocycles. The number of nitrogens with two attached hydrogens (primary N) is 1. The highest BCUT2D eigenvalue weighted by molar-refractivity contribution is 5.92. The summed E-state index contributed by atoms with van der Waals surface area (Å²) in [6.07, 6.45) is 2.72. The van der Waals surface area contributed by atoms with Gasteiger partial charge in [-0.1, -0.05) is 30.3 Å². The molecular weight excluding hydrogens is 424 g/mol. The molecule has 1 heterocycles. The summed E-state index contributed by atoms with van der Waals surface area (Å²) < 4.78 is 33.1. The van der Waals surface area contributed by atoms with E-state index in [-0.39, 0.29) is 6.04 Å². The SMILES string of the molecule is NC(=O)c1ccc(Oc2ccc(CNC3Cc4cc(F)c(F)cc4C3)c3ccccc23)nc1. The molecule has 0 unspecified atom stereocenters. The third-order valence-electron chi connectivity index (χ3n) is 5.97. The Morgan fingerprint density at radius 2 is 1.70 bits per heavy atom. The third-order valence-corrected chi connectivity index (χ3v) is 5.97. The first-order valence-corrected chi connectivity index (χ1v) is 10.6. The first kappa shape index (κ1) is 21.0. The van der Waals surface area contributed by atoms with Gasteiger partial charge in [0.25, 0.3) is 0 Å². The van der Waals surface area contributed by atoms with Crippen LogP contribution in [-0.2, 0) is 19.4 Å². The van der Waals surface area contributed by atoms with E-state index in [4.69, 9.17) is 10.5 Å². The smallest absolute Gasteiger partial charge is 0.250 e. The standard InChI is InChI=1S/C26H21F2N3O2/c27-22-11-17-9-19(10-18(17)12-23(22)28)30-13-15-5-7-24(21-4-2-1-3-20(15)21)33-25-8-6-16(14-31-25)26(29)32/h1-8,11-12,14,19,30H,9-10,13H2,(H2,29,32). The van der Waals surface area contributed by atoms with Crippen molar-refractivity contribution in [3.05, 3.63) is 101 Å². The lowest BCUT2D eigenvalue weighted by Crippen LogP contribution is -2.29. The third kappa shape index (κ3) is 4.27. The largest absolute Gasteiger partial charge is 0.438 e. The number of ether oxygens (including phenoxy) is 1. The van der Waals surface area contributed by atoms with E-state index in [1.165, 1.54) is 18.3 Å². The number of primary amides is 1. The lowest BCUT2D eigenvalue weighted by molar-refractivity contribution is 0.1000. The molecule has 33 heavy (non-hydrogen) atoms. The van der Waals surface area contributed by atoms with E-state index in [2.05, 4.69) is 10.3 Å². The number of amides is 1. The molecule has 0 fully saturated rings. The zero-order valence-corrected chi connectivity index (χ0v) is 17.6. The Hall–Kier alpha value is -3.84. The molecule has 0 bridgehead atoms. The van der Waals surface area contributed by atoms with Crippen LogP contribution in [0.5, 0.6) is 11.6 Å². The van der Waals surface area contributed by atoms with Crippen LogP contribution in [0.3, 0.4) is 0 Å². The van der Waals surface area contributed by atoms with Crippen LogP contribution in [0.15, 0.2) is 66.9 Å². The van der Waals surface area contributed by atoms with Gasteiger partial charge in [0.1, 0.15) is 5.75 Å². The summed E-state index contributed by atoms with van der Waals surface area (Å²) in [6.45, 7) is 0.607. The Morgan fingerprint density at radius 3 is 2.33 bits per heavy atom. The fraction of sp³-hybridized carbons (Fsp3) is 0.154. The molecule has 1 aromatic heterocycles. The minimum atomic E-state index is -0.797. The first-order chi connectivity index (χ1) is 16.0. The lowest BCUT2D eigenvalue weighted by Gasteiger charge is -2.15. The van der Waals surface area contributed by atoms with Gasteiger partial charge in [-0.05, 0) is 59.2 Å². The number of aromatic nitrogens is 1. The molecule has 5 nitrogen and oxygen atoms in total. The van der Waals surface area contributed by atoms with E-state index in [0.717, 1.165) is 27.5 Å². The second-order valence-electron chi connectivity index (χ2n) is 8.14. The molecule has 0 atom stereocenters. The van der Waals surface area contributed by atoms with Crippen molar-refractivity contribution < 1.29 is 18.3 Å². The molecule has 3 N–H and O–H groups in total. The highest BCUT2D eigenvalue weighted by Gasteiger charge is 2.23. The van der Waals surface area contributed by atoms with Gasteiger partial charge in [0, 0.05) is 30.2 Å². The van der Waals surface area contributed by atoms with Gasteiger partial charge in [-0.2, -0.15) is 0 Å². The van der Waals surface area contributed by atoms with Gasteiger partial charge in [-0.25, -0.2) is 13.8 Å². The molecule has 0 aliphatic heterocycles. The van der Waals surface area contributed by atoms with E-state index in [9.17, 15) is 13.6 Å². The summed E-state index contributed by atoms with van der Waals surface area (Å²) in [5, 5.41) is 5.48. The molecule has 1 amide bonds. The van der Waals surface area contributed by atoms with Crippen LogP contribution in [0.1, 0.15) is 27.0 Å². The van der Waals surface area contributed by atoms with Gasteiger partial charge in [0.15, 0.2) is 11.6 Å². The molecule has 7 heteroatoms. The van der Waals surface area contributed by atoms with Gasteiger partial charge in [0.05, 0.1) is 5.56 Å². The van der Waals surface area contributed by atoms with Crippen LogP contribution >= 0.6 is 0 Å². The summed E-state index contributed by atoms with van der Waals surface area (Å²) in [4.78, 5) is 15.4. The Labute approximate surface area is 189 Å². The average molecular weight is 445 g/mol. The van der Waals surface area contributed by atoms with E-state index in [1.54, 1.807) is 12.1 Å². The van der Waals surface area contributed by atoms with E-state index in [1.807, 2.05) is 36.4 Å². The van der Waals surface area contributed by atoms with Crippen molar-refractivity contribution in [2.75, 3.05) is 0 Å². The average Bonchev–Trinajstić information content (AvgIpc) is 3.20. The molecule has 3 aromatic carbocycles. The molecule has 5 rings (SSSR count). The summed E-state index contributed by atoms with van der Waals surface area (Å²) in [5.41, 5.74) is 8.37. The van der Waals surface area contributed by atoms with Crippen LogP contribution in [0, 0.1) is 11.6 Å². The van der Waals surface area contributed by atoms with Crippen molar-refractivity contribution in [3.63, 3.8) is 0 Å². The van der Waals surface area contributed by atoms with Crippen molar-refractivity contribution >= 4 is 16.7 Å². The maximum atomic E-state index is 13.5. The summed E-state index contributed by atoms with van der Waals surface area (Å²) in [7, 11) is 0. The topological polar surface area (TPSA) is 77.2 Å². The lowest BCUT2D eigenvalue weighted by atomic mass is 10.0. The minimum absolute atomic E-state index is 0.115. The Kier molecular flexibility index (Phi) is 5.48. The molecule has 166 valence electrons. The molecule has 1 aliphatic rings. The molecule has 0 radical (unpaired) electrons. The highest BCUT2D eigenvalue weighted by Crippen LogP contribution is 2.32. The maximum absolute atomic E-state index is 13.5. The predicted octanol–water partition coefficient (Wildman–Crippen LogP) is 4.66. The van der Waals surface area contributed by atoms with Gasteiger partial charge in [-0.3, -0.25) is 4.79 Å².